The van der Waals surface area contributed by atoms with Gasteiger partial charge in [0, 0.05) is 43.1 Å². The van der Waals surface area contributed by atoms with Crippen LogP contribution in [-0.4, -0.2) is 35.0 Å². The zero-order valence-electron chi connectivity index (χ0n) is 18.7. The number of thiophene rings is 1. The number of carbonyl (C=O) groups excluding carboxylic acids is 2. The molecule has 182 valence electrons. The fraction of sp³-hybridized carbons (Fsp3) is 0.308. The van der Waals surface area contributed by atoms with E-state index in [0.717, 1.165) is 16.8 Å². The summed E-state index contributed by atoms with van der Waals surface area (Å²) in [6.45, 7) is 0.550. The lowest BCUT2D eigenvalue weighted by Gasteiger charge is -2.46. The Morgan fingerprint density at radius 2 is 1.66 bits per heavy atom. The number of hydrogen-bond acceptors (Lipinski definition) is 5. The minimum atomic E-state index is -2.62. The van der Waals surface area contributed by atoms with Crippen LogP contribution in [0.3, 0.4) is 0 Å². The van der Waals surface area contributed by atoms with Gasteiger partial charge in [0.15, 0.2) is 5.78 Å². The molecule has 0 aliphatic carbocycles. The van der Waals surface area contributed by atoms with E-state index in [-0.39, 0.29) is 38.1 Å². The molecule has 0 saturated carbocycles. The molecular weight excluding hydrogens is 510 g/mol. The van der Waals surface area contributed by atoms with Gasteiger partial charge in [-0.3, -0.25) is 13.9 Å². The number of amides is 1. The zero-order valence-corrected chi connectivity index (χ0v) is 21.1. The highest BCUT2D eigenvalue weighted by molar-refractivity contribution is 7.78. The molecule has 2 atom stereocenters. The maximum absolute atomic E-state index is 13.6. The normalized spacial score (nSPS) is 24.6. The molecule has 5 rings (SSSR count). The van der Waals surface area contributed by atoms with Crippen molar-refractivity contribution in [3.63, 3.8) is 0 Å². The third-order valence-corrected chi connectivity index (χ3v) is 8.56. The highest BCUT2D eigenvalue weighted by Crippen LogP contribution is 2.48. The summed E-state index contributed by atoms with van der Waals surface area (Å²) in [6, 6.07) is 16.2. The van der Waals surface area contributed by atoms with Crippen molar-refractivity contribution in [3.05, 3.63) is 87.1 Å². The molecule has 2 aliphatic heterocycles. The number of alkyl halides is 2. The Hall–Kier alpha value is -2.42. The third-order valence-electron chi connectivity index (χ3n) is 6.99. The number of halogens is 3. The Morgan fingerprint density at radius 3 is 2.29 bits per heavy atom. The van der Waals surface area contributed by atoms with Crippen molar-refractivity contribution in [3.8, 4) is 0 Å². The standard InChI is InChI=1S/C26H23ClF2N2O2S2/c27-21-4-2-1-3-20(21)23-22(32)15-26(31(34)24(23)33,18-9-14-35-16-18)17-5-7-19(8-6-17)30-12-10-25(28,29)11-13-30/h1-9,14,16,23,34H,10-13,15H2. The average molecular weight is 533 g/mol. The lowest BCUT2D eigenvalue weighted by molar-refractivity contribution is -0.142. The molecule has 9 heteroatoms. The van der Waals surface area contributed by atoms with Crippen LogP contribution >= 0.6 is 35.8 Å². The van der Waals surface area contributed by atoms with Gasteiger partial charge in [0.2, 0.25) is 5.91 Å². The van der Waals surface area contributed by atoms with Gasteiger partial charge in [-0.25, -0.2) is 8.78 Å². The smallest absolute Gasteiger partial charge is 0.251 e. The second-order valence-corrected chi connectivity index (χ2v) is 10.6. The van der Waals surface area contributed by atoms with E-state index >= 15 is 0 Å². The number of hydrogen-bond donors (Lipinski definition) is 1. The molecule has 2 aliphatic rings. The van der Waals surface area contributed by atoms with Gasteiger partial charge in [0.25, 0.3) is 5.92 Å². The first kappa shape index (κ1) is 24.3. The summed E-state index contributed by atoms with van der Waals surface area (Å²) >= 11 is 12.5. The molecule has 1 aromatic heterocycles. The highest BCUT2D eigenvalue weighted by atomic mass is 35.5. The Kier molecular flexibility index (Phi) is 6.40. The number of ketones is 1. The van der Waals surface area contributed by atoms with Crippen LogP contribution in [0.15, 0.2) is 65.4 Å². The van der Waals surface area contributed by atoms with E-state index in [1.807, 2.05) is 46.0 Å². The number of thiol groups is 1. The van der Waals surface area contributed by atoms with E-state index in [9.17, 15) is 18.4 Å². The molecule has 3 aromatic rings. The van der Waals surface area contributed by atoms with Crippen LogP contribution in [-0.2, 0) is 15.1 Å². The molecule has 2 saturated heterocycles. The second-order valence-electron chi connectivity index (χ2n) is 9.01. The van der Waals surface area contributed by atoms with Crippen molar-refractivity contribution in [1.29, 1.82) is 0 Å². The lowest BCUT2D eigenvalue weighted by Crippen LogP contribution is -2.54. The molecule has 2 aromatic carbocycles. The van der Waals surface area contributed by atoms with Gasteiger partial charge in [-0.05, 0) is 51.7 Å². The van der Waals surface area contributed by atoms with Crippen LogP contribution < -0.4 is 4.90 Å². The van der Waals surface area contributed by atoms with Crippen molar-refractivity contribution in [2.24, 2.45) is 0 Å². The molecule has 0 N–H and O–H groups in total. The Morgan fingerprint density at radius 1 is 0.971 bits per heavy atom. The number of carbonyl (C=O) groups is 2. The molecule has 0 spiro atoms. The van der Waals surface area contributed by atoms with Crippen LogP contribution in [0.2, 0.25) is 5.02 Å². The molecule has 3 heterocycles. The maximum Gasteiger partial charge on any atom is 0.251 e. The fourth-order valence-corrected chi connectivity index (χ4v) is 6.43. The SMILES string of the molecule is O=C1CC(c2ccc(N3CCC(F)(F)CC3)cc2)(c2ccsc2)N(S)C(=O)C1c1ccccc1Cl. The van der Waals surface area contributed by atoms with Gasteiger partial charge in [0.05, 0.1) is 0 Å². The van der Waals surface area contributed by atoms with Crippen LogP contribution in [0, 0.1) is 0 Å². The molecule has 0 bridgehead atoms. The largest absolute Gasteiger partial charge is 0.371 e. The number of anilines is 1. The number of nitrogens with zero attached hydrogens (tertiary/aromatic N) is 2. The van der Waals surface area contributed by atoms with Crippen LogP contribution in [0.1, 0.15) is 41.9 Å². The van der Waals surface area contributed by atoms with E-state index < -0.39 is 23.3 Å². The van der Waals surface area contributed by atoms with Crippen molar-refractivity contribution in [2.45, 2.75) is 36.6 Å². The molecule has 1 amide bonds. The summed E-state index contributed by atoms with van der Waals surface area (Å²) in [5.74, 6) is -4.32. The Bertz CT molecular complexity index is 1240. The molecule has 4 nitrogen and oxygen atoms in total. The van der Waals surface area contributed by atoms with Crippen molar-refractivity contribution < 1.29 is 18.4 Å². The van der Waals surface area contributed by atoms with Gasteiger partial charge in [-0.15, -0.1) is 0 Å². The minimum absolute atomic E-state index is 0.0319. The van der Waals surface area contributed by atoms with Gasteiger partial charge in [0.1, 0.15) is 11.5 Å². The van der Waals surface area contributed by atoms with E-state index in [1.165, 1.54) is 15.6 Å². The summed E-state index contributed by atoms with van der Waals surface area (Å²) in [4.78, 5) is 29.1. The monoisotopic (exact) mass is 532 g/mol. The van der Waals surface area contributed by atoms with Crippen LogP contribution in [0.25, 0.3) is 0 Å². The molecule has 2 fully saturated rings. The quantitative estimate of drug-likeness (QED) is 0.316. The molecule has 2 unspecified atom stereocenters. The number of piperidine rings is 2. The molecular formula is C26H23ClF2N2O2S2. The van der Waals surface area contributed by atoms with Crippen LogP contribution in [0.4, 0.5) is 14.5 Å². The summed E-state index contributed by atoms with van der Waals surface area (Å²) in [6.07, 6.45) is -0.320. The van der Waals surface area contributed by atoms with Gasteiger partial charge < -0.3 is 4.90 Å². The summed E-state index contributed by atoms with van der Waals surface area (Å²) in [5.41, 5.74) is 1.73. The number of Topliss-reactive ketones (excluding diaryl/α,β-unsaturated/α-hetero) is 1. The second kappa shape index (κ2) is 9.22. The number of rotatable bonds is 4. The number of benzene rings is 2. The summed E-state index contributed by atoms with van der Waals surface area (Å²) < 4.78 is 28.5. The topological polar surface area (TPSA) is 40.6 Å². The van der Waals surface area contributed by atoms with E-state index in [4.69, 9.17) is 11.6 Å². The van der Waals surface area contributed by atoms with Crippen molar-refractivity contribution in [1.82, 2.24) is 4.31 Å². The lowest BCUT2D eigenvalue weighted by atomic mass is 9.73. The predicted molar refractivity (Wildman–Crippen MR) is 138 cm³/mol. The zero-order chi connectivity index (χ0) is 24.8. The Labute approximate surface area is 217 Å². The Balaban J connectivity index is 1.52. The first-order chi connectivity index (χ1) is 16.7. The van der Waals surface area contributed by atoms with Crippen LogP contribution in [0.5, 0.6) is 0 Å². The first-order valence-corrected chi connectivity index (χ1v) is 13.0. The van der Waals surface area contributed by atoms with Crippen molar-refractivity contribution >= 4 is 53.1 Å². The van der Waals surface area contributed by atoms with Gasteiger partial charge in [-0.1, -0.05) is 54.7 Å². The molecule has 0 radical (unpaired) electrons. The van der Waals surface area contributed by atoms with E-state index in [1.54, 1.807) is 24.3 Å². The van der Waals surface area contributed by atoms with E-state index in [2.05, 4.69) is 12.8 Å². The highest BCUT2D eigenvalue weighted by Gasteiger charge is 2.52. The maximum atomic E-state index is 13.6. The average Bonchev–Trinajstić information content (AvgIpc) is 3.38. The van der Waals surface area contributed by atoms with Gasteiger partial charge >= 0.3 is 0 Å². The fourth-order valence-electron chi connectivity index (χ4n) is 5.05. The minimum Gasteiger partial charge on any atom is -0.371 e. The van der Waals surface area contributed by atoms with Crippen molar-refractivity contribution in [2.75, 3.05) is 18.0 Å². The summed E-state index contributed by atoms with van der Waals surface area (Å²) in [5, 5.41) is 4.18. The summed E-state index contributed by atoms with van der Waals surface area (Å²) in [7, 11) is 0. The van der Waals surface area contributed by atoms with Gasteiger partial charge in [-0.2, -0.15) is 11.3 Å². The first-order valence-electron chi connectivity index (χ1n) is 11.3. The molecule has 35 heavy (non-hydrogen) atoms. The van der Waals surface area contributed by atoms with E-state index in [0.29, 0.717) is 10.6 Å². The predicted octanol–water partition coefficient (Wildman–Crippen LogP) is 6.31. The third kappa shape index (κ3) is 4.26.